The molecule has 8 aromatic rings. The number of furan rings is 1. The van der Waals surface area contributed by atoms with Crippen molar-refractivity contribution in [2.75, 3.05) is 4.90 Å². The Labute approximate surface area is 225 Å². The highest BCUT2D eigenvalue weighted by molar-refractivity contribution is 6.14. The van der Waals surface area contributed by atoms with Crippen molar-refractivity contribution in [1.82, 2.24) is 4.57 Å². The summed E-state index contributed by atoms with van der Waals surface area (Å²) in [6.07, 6.45) is 0. The Kier molecular flexibility index (Phi) is 4.82. The monoisotopic (exact) mass is 500 g/mol. The van der Waals surface area contributed by atoms with Crippen molar-refractivity contribution in [1.29, 1.82) is 0 Å². The van der Waals surface area contributed by atoms with Gasteiger partial charge in [-0.05, 0) is 60.7 Å². The number of para-hydroxylation sites is 4. The van der Waals surface area contributed by atoms with Gasteiger partial charge >= 0.3 is 0 Å². The van der Waals surface area contributed by atoms with Crippen molar-refractivity contribution in [3.8, 4) is 5.69 Å². The first-order chi connectivity index (χ1) is 19.4. The normalized spacial score (nSPS) is 11.6. The zero-order chi connectivity index (χ0) is 25.8. The molecular formula is C36H24N2O. The molecule has 0 radical (unpaired) electrons. The van der Waals surface area contributed by atoms with Gasteiger partial charge in [0.2, 0.25) is 0 Å². The van der Waals surface area contributed by atoms with E-state index in [0.717, 1.165) is 44.7 Å². The van der Waals surface area contributed by atoms with Crippen LogP contribution >= 0.6 is 0 Å². The van der Waals surface area contributed by atoms with E-state index in [9.17, 15) is 0 Å². The number of hydrogen-bond acceptors (Lipinski definition) is 2. The average Bonchev–Trinajstić information content (AvgIpc) is 3.54. The Morgan fingerprint density at radius 1 is 0.436 bits per heavy atom. The standard InChI is InChI=1S/C36H24N2O/c1-3-12-25(13-4-1)37(26-14-5-2-6-15-26)27-22-23-30-35(24-27)39-34-21-11-20-33(36(30)34)38-31-18-9-7-16-28(31)29-17-8-10-19-32(29)38/h1-24H. The highest BCUT2D eigenvalue weighted by Gasteiger charge is 2.19. The van der Waals surface area contributed by atoms with Crippen molar-refractivity contribution in [3.05, 3.63) is 146 Å². The first kappa shape index (κ1) is 21.8. The maximum atomic E-state index is 6.54. The average molecular weight is 501 g/mol. The van der Waals surface area contributed by atoms with Gasteiger partial charge in [0.1, 0.15) is 11.2 Å². The molecule has 8 rings (SSSR count). The van der Waals surface area contributed by atoms with Crippen LogP contribution in [0.2, 0.25) is 0 Å². The second-order valence-corrected chi connectivity index (χ2v) is 9.81. The molecule has 0 aliphatic carbocycles. The lowest BCUT2D eigenvalue weighted by Crippen LogP contribution is -2.09. The quantitative estimate of drug-likeness (QED) is 0.240. The molecule has 0 aliphatic rings. The van der Waals surface area contributed by atoms with Crippen LogP contribution in [0.5, 0.6) is 0 Å². The fraction of sp³-hybridized carbons (Fsp3) is 0. The first-order valence-electron chi connectivity index (χ1n) is 13.2. The van der Waals surface area contributed by atoms with Gasteiger partial charge in [0.05, 0.1) is 22.1 Å². The van der Waals surface area contributed by atoms with Crippen molar-refractivity contribution in [2.24, 2.45) is 0 Å². The summed E-state index contributed by atoms with van der Waals surface area (Å²) in [5, 5.41) is 4.73. The third-order valence-corrected chi connectivity index (χ3v) is 7.57. The van der Waals surface area contributed by atoms with Crippen LogP contribution < -0.4 is 4.90 Å². The molecule has 0 atom stereocenters. The lowest BCUT2D eigenvalue weighted by Gasteiger charge is -2.25. The number of rotatable bonds is 4. The Bertz CT molecular complexity index is 2030. The molecule has 3 heteroatoms. The van der Waals surface area contributed by atoms with Gasteiger partial charge in [-0.15, -0.1) is 0 Å². The molecule has 0 N–H and O–H groups in total. The molecule has 0 aliphatic heterocycles. The van der Waals surface area contributed by atoms with Crippen LogP contribution in [0.25, 0.3) is 49.4 Å². The number of nitrogens with zero attached hydrogens (tertiary/aromatic N) is 2. The fourth-order valence-corrected chi connectivity index (χ4v) is 5.90. The number of aromatic nitrogens is 1. The van der Waals surface area contributed by atoms with Gasteiger partial charge in [0, 0.05) is 39.3 Å². The minimum Gasteiger partial charge on any atom is -0.456 e. The van der Waals surface area contributed by atoms with Crippen molar-refractivity contribution < 1.29 is 4.42 Å². The molecule has 0 saturated carbocycles. The molecule has 2 aromatic heterocycles. The highest BCUT2D eigenvalue weighted by Crippen LogP contribution is 2.41. The SMILES string of the molecule is c1ccc(N(c2ccccc2)c2ccc3c(c2)oc2cccc(-n4c5ccccc5c5ccccc54)c23)cc1. The minimum atomic E-state index is 0.868. The number of hydrogen-bond donors (Lipinski definition) is 0. The summed E-state index contributed by atoms with van der Waals surface area (Å²) in [6.45, 7) is 0. The summed E-state index contributed by atoms with van der Waals surface area (Å²) in [5.74, 6) is 0. The second kappa shape index (κ2) is 8.64. The van der Waals surface area contributed by atoms with Crippen LogP contribution in [-0.4, -0.2) is 4.57 Å². The van der Waals surface area contributed by atoms with Gasteiger partial charge in [-0.25, -0.2) is 0 Å². The highest BCUT2D eigenvalue weighted by atomic mass is 16.3. The first-order valence-corrected chi connectivity index (χ1v) is 13.2. The predicted molar refractivity (Wildman–Crippen MR) is 163 cm³/mol. The van der Waals surface area contributed by atoms with Crippen LogP contribution in [0.1, 0.15) is 0 Å². The van der Waals surface area contributed by atoms with Crippen LogP contribution in [0.15, 0.2) is 150 Å². The van der Waals surface area contributed by atoms with E-state index >= 15 is 0 Å². The largest absolute Gasteiger partial charge is 0.456 e. The molecule has 0 amide bonds. The smallest absolute Gasteiger partial charge is 0.137 e. The lowest BCUT2D eigenvalue weighted by atomic mass is 10.1. The van der Waals surface area contributed by atoms with E-state index in [4.69, 9.17) is 4.42 Å². The molecule has 39 heavy (non-hydrogen) atoms. The topological polar surface area (TPSA) is 21.3 Å². The van der Waals surface area contributed by atoms with E-state index < -0.39 is 0 Å². The molecule has 0 saturated heterocycles. The molecule has 0 unspecified atom stereocenters. The Morgan fingerprint density at radius 3 is 1.67 bits per heavy atom. The summed E-state index contributed by atoms with van der Waals surface area (Å²) in [4.78, 5) is 2.26. The van der Waals surface area contributed by atoms with Crippen LogP contribution in [0, 0.1) is 0 Å². The van der Waals surface area contributed by atoms with Crippen molar-refractivity contribution in [2.45, 2.75) is 0 Å². The number of fused-ring (bicyclic) bond motifs is 6. The summed E-state index contributed by atoms with van der Waals surface area (Å²) >= 11 is 0. The summed E-state index contributed by atoms with van der Waals surface area (Å²) in [7, 11) is 0. The van der Waals surface area contributed by atoms with E-state index in [0.29, 0.717) is 0 Å². The van der Waals surface area contributed by atoms with E-state index in [2.05, 4.69) is 143 Å². The van der Waals surface area contributed by atoms with E-state index in [1.54, 1.807) is 0 Å². The van der Waals surface area contributed by atoms with Gasteiger partial charge in [-0.1, -0.05) is 78.9 Å². The molecule has 0 spiro atoms. The van der Waals surface area contributed by atoms with Crippen LogP contribution in [0.3, 0.4) is 0 Å². The van der Waals surface area contributed by atoms with Crippen molar-refractivity contribution in [3.63, 3.8) is 0 Å². The maximum absolute atomic E-state index is 6.54. The fourth-order valence-electron chi connectivity index (χ4n) is 5.90. The molecule has 184 valence electrons. The summed E-state index contributed by atoms with van der Waals surface area (Å²) in [6, 6.07) is 51.1. The van der Waals surface area contributed by atoms with E-state index in [-0.39, 0.29) is 0 Å². The molecular weight excluding hydrogens is 476 g/mol. The zero-order valence-corrected chi connectivity index (χ0v) is 21.2. The van der Waals surface area contributed by atoms with Gasteiger partial charge in [0.15, 0.2) is 0 Å². The summed E-state index contributed by atoms with van der Waals surface area (Å²) in [5.41, 5.74) is 8.51. The Balaban J connectivity index is 1.38. The number of benzene rings is 6. The van der Waals surface area contributed by atoms with Crippen LogP contribution in [0.4, 0.5) is 17.1 Å². The molecule has 3 nitrogen and oxygen atoms in total. The Hall–Kier alpha value is -5.28. The minimum absolute atomic E-state index is 0.868. The molecule has 6 aromatic carbocycles. The van der Waals surface area contributed by atoms with E-state index in [1.807, 2.05) is 12.1 Å². The van der Waals surface area contributed by atoms with Gasteiger partial charge < -0.3 is 13.9 Å². The zero-order valence-electron chi connectivity index (χ0n) is 21.2. The molecule has 0 bridgehead atoms. The third kappa shape index (κ3) is 3.37. The maximum Gasteiger partial charge on any atom is 0.137 e. The summed E-state index contributed by atoms with van der Waals surface area (Å²) < 4.78 is 8.91. The van der Waals surface area contributed by atoms with Crippen LogP contribution in [-0.2, 0) is 0 Å². The van der Waals surface area contributed by atoms with E-state index in [1.165, 1.54) is 21.8 Å². The Morgan fingerprint density at radius 2 is 1.03 bits per heavy atom. The molecule has 0 fully saturated rings. The third-order valence-electron chi connectivity index (χ3n) is 7.57. The lowest BCUT2D eigenvalue weighted by molar-refractivity contribution is 0.669. The predicted octanol–water partition coefficient (Wildman–Crippen LogP) is 10.2. The second-order valence-electron chi connectivity index (χ2n) is 9.81. The number of anilines is 3. The molecule has 2 heterocycles. The van der Waals surface area contributed by atoms with Gasteiger partial charge in [-0.2, -0.15) is 0 Å². The van der Waals surface area contributed by atoms with Gasteiger partial charge in [0.25, 0.3) is 0 Å². The van der Waals surface area contributed by atoms with Gasteiger partial charge in [-0.3, -0.25) is 0 Å². The van der Waals surface area contributed by atoms with Crippen molar-refractivity contribution >= 4 is 60.8 Å².